The van der Waals surface area contributed by atoms with Crippen molar-refractivity contribution in [3.63, 3.8) is 0 Å². The number of hydrogen-bond acceptors (Lipinski definition) is 6. The largest absolute Gasteiger partial charge is 0.489 e. The standard InChI is InChI=1S/C28H25N5O3/c29-27(34)28(11-14-35-15-12-28)21-4-3-5-22(17-21)36-18-19-7-9-24-20(16-19)8-10-25-31-32-26(33(24)25)23-6-1-2-13-30-23/h1-10,13,16-17H,11-12,14-15,18H2,(H2,29,34). The number of amides is 1. The molecule has 6 rings (SSSR count). The summed E-state index contributed by atoms with van der Waals surface area (Å²) in [7, 11) is 0. The average Bonchev–Trinajstić information content (AvgIpc) is 3.37. The highest BCUT2D eigenvalue weighted by molar-refractivity contribution is 5.87. The van der Waals surface area contributed by atoms with Crippen LogP contribution in [-0.4, -0.2) is 38.7 Å². The topological polar surface area (TPSA) is 105 Å². The van der Waals surface area contributed by atoms with Gasteiger partial charge < -0.3 is 15.2 Å². The Morgan fingerprint density at radius 1 is 1.00 bits per heavy atom. The summed E-state index contributed by atoms with van der Waals surface area (Å²) >= 11 is 0. The summed E-state index contributed by atoms with van der Waals surface area (Å²) in [5.74, 6) is 1.09. The van der Waals surface area contributed by atoms with Crippen LogP contribution in [0, 0.1) is 0 Å². The van der Waals surface area contributed by atoms with Gasteiger partial charge in [0.15, 0.2) is 11.5 Å². The van der Waals surface area contributed by atoms with E-state index in [9.17, 15) is 4.79 Å². The van der Waals surface area contributed by atoms with Crippen molar-refractivity contribution < 1.29 is 14.3 Å². The Hall–Kier alpha value is -4.30. The van der Waals surface area contributed by atoms with Gasteiger partial charge in [-0.2, -0.15) is 0 Å². The number of ether oxygens (including phenoxy) is 2. The normalized spacial score (nSPS) is 15.2. The molecule has 3 aromatic heterocycles. The van der Waals surface area contributed by atoms with Crippen molar-refractivity contribution in [3.8, 4) is 17.3 Å². The number of nitrogens with zero attached hydrogens (tertiary/aromatic N) is 4. The van der Waals surface area contributed by atoms with Crippen molar-refractivity contribution >= 4 is 22.5 Å². The second-order valence-corrected chi connectivity index (χ2v) is 9.03. The van der Waals surface area contributed by atoms with Crippen LogP contribution in [0.5, 0.6) is 5.75 Å². The Labute approximate surface area is 207 Å². The van der Waals surface area contributed by atoms with Gasteiger partial charge in [-0.25, -0.2) is 0 Å². The number of rotatable bonds is 6. The smallest absolute Gasteiger partial charge is 0.228 e. The highest BCUT2D eigenvalue weighted by Crippen LogP contribution is 2.36. The maximum atomic E-state index is 12.4. The fraction of sp³-hybridized carbons (Fsp3) is 0.214. The fourth-order valence-corrected chi connectivity index (χ4v) is 4.95. The van der Waals surface area contributed by atoms with Crippen LogP contribution in [0.15, 0.2) is 79.0 Å². The Balaban J connectivity index is 1.28. The van der Waals surface area contributed by atoms with Crippen LogP contribution in [0.25, 0.3) is 28.1 Å². The minimum atomic E-state index is -0.712. The SMILES string of the molecule is NC(=O)C1(c2cccc(OCc3ccc4c(ccc5nnc(-c6ccccn6)n54)c3)c2)CCOCC1. The lowest BCUT2D eigenvalue weighted by molar-refractivity contribution is -0.127. The Kier molecular flexibility index (Phi) is 5.58. The first-order valence-corrected chi connectivity index (χ1v) is 11.9. The molecule has 0 aliphatic carbocycles. The van der Waals surface area contributed by atoms with Gasteiger partial charge in [0.1, 0.15) is 18.1 Å². The lowest BCUT2D eigenvalue weighted by Gasteiger charge is -2.34. The molecule has 8 heteroatoms. The molecule has 1 fully saturated rings. The number of carbonyl (C=O) groups excluding carboxylic acids is 1. The first-order valence-electron chi connectivity index (χ1n) is 11.9. The predicted octanol–water partition coefficient (Wildman–Crippen LogP) is 4.06. The van der Waals surface area contributed by atoms with Crippen molar-refractivity contribution in [2.45, 2.75) is 24.9 Å². The third-order valence-electron chi connectivity index (χ3n) is 6.94. The molecular formula is C28H25N5O3. The number of primary amides is 1. The molecule has 0 spiro atoms. The van der Waals surface area contributed by atoms with E-state index in [1.165, 1.54) is 0 Å². The summed E-state index contributed by atoms with van der Waals surface area (Å²) in [5.41, 5.74) is 9.55. The molecule has 4 heterocycles. The number of carbonyl (C=O) groups is 1. The zero-order valence-corrected chi connectivity index (χ0v) is 19.6. The molecule has 36 heavy (non-hydrogen) atoms. The average molecular weight is 480 g/mol. The molecule has 8 nitrogen and oxygen atoms in total. The number of pyridine rings is 2. The lowest BCUT2D eigenvalue weighted by Crippen LogP contribution is -2.45. The maximum Gasteiger partial charge on any atom is 0.228 e. The van der Waals surface area contributed by atoms with Crippen LogP contribution < -0.4 is 10.5 Å². The lowest BCUT2D eigenvalue weighted by atomic mass is 9.73. The van der Waals surface area contributed by atoms with E-state index in [2.05, 4.69) is 27.3 Å². The number of nitrogens with two attached hydrogens (primary N) is 1. The summed E-state index contributed by atoms with van der Waals surface area (Å²) in [6, 6.07) is 23.6. The van der Waals surface area contributed by atoms with E-state index in [0.29, 0.717) is 44.2 Å². The van der Waals surface area contributed by atoms with Gasteiger partial charge in [-0.3, -0.25) is 14.2 Å². The van der Waals surface area contributed by atoms with Gasteiger partial charge in [0.25, 0.3) is 0 Å². The highest BCUT2D eigenvalue weighted by Gasteiger charge is 2.40. The van der Waals surface area contributed by atoms with E-state index >= 15 is 0 Å². The summed E-state index contributed by atoms with van der Waals surface area (Å²) in [6.45, 7) is 1.43. The Bertz CT molecular complexity index is 1560. The van der Waals surface area contributed by atoms with Gasteiger partial charge in [0.05, 0.1) is 10.9 Å². The quantitative estimate of drug-likeness (QED) is 0.394. The number of hydrogen-bond donors (Lipinski definition) is 1. The summed E-state index contributed by atoms with van der Waals surface area (Å²) in [5, 5.41) is 9.73. The van der Waals surface area contributed by atoms with E-state index in [0.717, 1.165) is 33.4 Å². The van der Waals surface area contributed by atoms with Crippen molar-refractivity contribution in [2.24, 2.45) is 5.73 Å². The van der Waals surface area contributed by atoms with Gasteiger partial charge in [0.2, 0.25) is 5.91 Å². The van der Waals surface area contributed by atoms with Crippen LogP contribution >= 0.6 is 0 Å². The minimum Gasteiger partial charge on any atom is -0.489 e. The molecule has 1 saturated heterocycles. The summed E-state index contributed by atoms with van der Waals surface area (Å²) in [4.78, 5) is 16.8. The molecule has 0 bridgehead atoms. The van der Waals surface area contributed by atoms with Crippen molar-refractivity contribution in [2.75, 3.05) is 13.2 Å². The van der Waals surface area contributed by atoms with Crippen LogP contribution in [0.4, 0.5) is 0 Å². The van der Waals surface area contributed by atoms with Crippen LogP contribution in [0.2, 0.25) is 0 Å². The number of aromatic nitrogens is 4. The van der Waals surface area contributed by atoms with E-state index in [4.69, 9.17) is 15.2 Å². The number of fused-ring (bicyclic) bond motifs is 3. The van der Waals surface area contributed by atoms with Gasteiger partial charge in [-0.05, 0) is 77.9 Å². The molecule has 1 aliphatic heterocycles. The maximum absolute atomic E-state index is 12.4. The fourth-order valence-electron chi connectivity index (χ4n) is 4.95. The molecule has 1 amide bonds. The Morgan fingerprint density at radius 3 is 2.69 bits per heavy atom. The monoisotopic (exact) mass is 479 g/mol. The summed E-state index contributed by atoms with van der Waals surface area (Å²) < 4.78 is 13.6. The van der Waals surface area contributed by atoms with Gasteiger partial charge >= 0.3 is 0 Å². The third kappa shape index (κ3) is 3.85. The van der Waals surface area contributed by atoms with Crippen molar-refractivity contribution in [3.05, 3.63) is 90.1 Å². The zero-order chi connectivity index (χ0) is 24.5. The van der Waals surface area contributed by atoms with Crippen LogP contribution in [0.1, 0.15) is 24.0 Å². The first kappa shape index (κ1) is 22.2. The third-order valence-corrected chi connectivity index (χ3v) is 6.94. The molecule has 0 unspecified atom stereocenters. The van der Waals surface area contributed by atoms with Crippen LogP contribution in [-0.2, 0) is 21.6 Å². The second kappa shape index (κ2) is 9.05. The van der Waals surface area contributed by atoms with E-state index in [1.54, 1.807) is 6.20 Å². The summed E-state index contributed by atoms with van der Waals surface area (Å²) in [6.07, 6.45) is 2.91. The molecule has 2 aromatic carbocycles. The molecule has 5 aromatic rings. The van der Waals surface area contributed by atoms with Crippen molar-refractivity contribution in [1.29, 1.82) is 0 Å². The second-order valence-electron chi connectivity index (χ2n) is 9.03. The van der Waals surface area contributed by atoms with Crippen LogP contribution in [0.3, 0.4) is 0 Å². The molecule has 180 valence electrons. The first-order chi connectivity index (χ1) is 17.6. The highest BCUT2D eigenvalue weighted by atomic mass is 16.5. The van der Waals surface area contributed by atoms with Gasteiger partial charge in [0, 0.05) is 19.4 Å². The molecule has 2 N–H and O–H groups in total. The molecule has 0 atom stereocenters. The number of benzene rings is 2. The van der Waals surface area contributed by atoms with E-state index < -0.39 is 5.41 Å². The molecule has 0 saturated carbocycles. The van der Waals surface area contributed by atoms with Gasteiger partial charge in [-0.15, -0.1) is 10.2 Å². The molecular weight excluding hydrogens is 454 g/mol. The molecule has 0 radical (unpaired) electrons. The van der Waals surface area contributed by atoms with E-state index in [-0.39, 0.29) is 5.91 Å². The predicted molar refractivity (Wildman–Crippen MR) is 135 cm³/mol. The zero-order valence-electron chi connectivity index (χ0n) is 19.6. The molecule has 1 aliphatic rings. The minimum absolute atomic E-state index is 0.317. The Morgan fingerprint density at radius 2 is 1.89 bits per heavy atom. The van der Waals surface area contributed by atoms with Gasteiger partial charge in [-0.1, -0.05) is 24.3 Å². The van der Waals surface area contributed by atoms with Crippen molar-refractivity contribution in [1.82, 2.24) is 19.6 Å². The van der Waals surface area contributed by atoms with E-state index in [1.807, 2.05) is 65.1 Å².